The summed E-state index contributed by atoms with van der Waals surface area (Å²) in [4.78, 5) is 16.1. The van der Waals surface area contributed by atoms with Gasteiger partial charge in [-0.2, -0.15) is 0 Å². The molecule has 3 nitrogen and oxygen atoms in total. The molecule has 2 rings (SSSR count). The summed E-state index contributed by atoms with van der Waals surface area (Å²) in [6, 6.07) is 17.1. The molecule has 0 aliphatic carbocycles. The molecule has 2 aromatic rings. The Balaban J connectivity index is 2.28. The van der Waals surface area contributed by atoms with E-state index in [9.17, 15) is 4.79 Å². The van der Waals surface area contributed by atoms with E-state index in [4.69, 9.17) is 4.74 Å². The van der Waals surface area contributed by atoms with Gasteiger partial charge >= 0.3 is 5.97 Å². The highest BCUT2D eigenvalue weighted by atomic mass is 79.9. The Hall–Kier alpha value is -2.20. The largest absolute Gasteiger partial charge is 0.464 e. The van der Waals surface area contributed by atoms with Crippen LogP contribution in [0.15, 0.2) is 70.1 Å². The van der Waals surface area contributed by atoms with Crippen LogP contribution in [0, 0.1) is 0 Å². The molecule has 0 N–H and O–H groups in total. The van der Waals surface area contributed by atoms with Crippen LogP contribution in [0.1, 0.15) is 5.56 Å². The van der Waals surface area contributed by atoms with Crippen molar-refractivity contribution in [1.29, 1.82) is 0 Å². The van der Waals surface area contributed by atoms with Crippen molar-refractivity contribution in [1.82, 2.24) is 0 Å². The lowest BCUT2D eigenvalue weighted by Crippen LogP contribution is -2.12. The van der Waals surface area contributed by atoms with Crippen LogP contribution in [0.2, 0.25) is 0 Å². The van der Waals surface area contributed by atoms with Gasteiger partial charge in [0, 0.05) is 4.47 Å². The Bertz CT molecular complexity index is 661. The zero-order valence-electron chi connectivity index (χ0n) is 11.5. The molecule has 0 unspecified atom stereocenters. The highest BCUT2D eigenvalue weighted by Crippen LogP contribution is 2.17. The number of rotatable bonds is 4. The van der Waals surface area contributed by atoms with Crippen LogP contribution in [0.25, 0.3) is 6.08 Å². The number of hydrogen-bond acceptors (Lipinski definition) is 3. The molecule has 0 fully saturated rings. The molecule has 106 valence electrons. The molecule has 21 heavy (non-hydrogen) atoms. The topological polar surface area (TPSA) is 38.7 Å². The predicted molar refractivity (Wildman–Crippen MR) is 88.7 cm³/mol. The third-order valence-electron chi connectivity index (χ3n) is 2.70. The molecule has 0 saturated heterocycles. The fourth-order valence-corrected chi connectivity index (χ4v) is 1.91. The smallest absolute Gasteiger partial charge is 0.356 e. The van der Waals surface area contributed by atoms with Crippen LogP contribution < -0.4 is 0 Å². The number of esters is 1. The maximum Gasteiger partial charge on any atom is 0.356 e. The molecule has 0 amide bonds. The van der Waals surface area contributed by atoms with E-state index in [1.54, 1.807) is 6.08 Å². The van der Waals surface area contributed by atoms with Crippen LogP contribution in [0.3, 0.4) is 0 Å². The van der Waals surface area contributed by atoms with E-state index in [0.717, 1.165) is 10.0 Å². The molecule has 0 radical (unpaired) electrons. The van der Waals surface area contributed by atoms with E-state index in [0.29, 0.717) is 5.69 Å². The highest BCUT2D eigenvalue weighted by Gasteiger charge is 2.08. The molecule has 0 atom stereocenters. The molecule has 2 aromatic carbocycles. The summed E-state index contributed by atoms with van der Waals surface area (Å²) in [6.07, 6.45) is 3.48. The second-order valence-electron chi connectivity index (χ2n) is 4.21. The van der Waals surface area contributed by atoms with Crippen LogP contribution in [0.5, 0.6) is 0 Å². The SMILES string of the molecule is COC(=O)C(/C=C/c1ccccc1)=Nc1ccc(Br)cc1. The zero-order chi connectivity index (χ0) is 15.1. The Kier molecular flexibility index (Phi) is 5.46. The molecule has 0 saturated carbocycles. The number of benzene rings is 2. The summed E-state index contributed by atoms with van der Waals surface area (Å²) < 4.78 is 5.73. The van der Waals surface area contributed by atoms with Gasteiger partial charge in [-0.15, -0.1) is 0 Å². The minimum Gasteiger partial charge on any atom is -0.464 e. The lowest BCUT2D eigenvalue weighted by Gasteiger charge is -2.00. The van der Waals surface area contributed by atoms with Gasteiger partial charge in [0.05, 0.1) is 12.8 Å². The maximum absolute atomic E-state index is 11.8. The van der Waals surface area contributed by atoms with Gasteiger partial charge < -0.3 is 4.74 Å². The molecular formula is C17H14BrNO2. The fourth-order valence-electron chi connectivity index (χ4n) is 1.65. The number of ether oxygens (including phenoxy) is 1. The Labute approximate surface area is 132 Å². The van der Waals surface area contributed by atoms with Crippen LogP contribution in [-0.4, -0.2) is 18.8 Å². The summed E-state index contributed by atoms with van der Waals surface area (Å²) in [5.74, 6) is -0.468. The molecule has 0 aliphatic heterocycles. The molecule has 4 heteroatoms. The number of carbonyl (C=O) groups excluding carboxylic acids is 1. The first-order valence-electron chi connectivity index (χ1n) is 6.35. The van der Waals surface area contributed by atoms with Gasteiger partial charge in [0.1, 0.15) is 5.71 Å². The quantitative estimate of drug-likeness (QED) is 0.609. The molecule has 0 bridgehead atoms. The normalized spacial score (nSPS) is 11.6. The van der Waals surface area contributed by atoms with E-state index < -0.39 is 5.97 Å². The number of halogens is 1. The third-order valence-corrected chi connectivity index (χ3v) is 3.23. The van der Waals surface area contributed by atoms with Crippen LogP contribution in [-0.2, 0) is 9.53 Å². The summed E-state index contributed by atoms with van der Waals surface area (Å²) >= 11 is 3.36. The van der Waals surface area contributed by atoms with Crippen LogP contribution in [0.4, 0.5) is 5.69 Å². The predicted octanol–water partition coefficient (Wildman–Crippen LogP) is 4.41. The third kappa shape index (κ3) is 4.68. The van der Waals surface area contributed by atoms with E-state index in [-0.39, 0.29) is 5.71 Å². The highest BCUT2D eigenvalue weighted by molar-refractivity contribution is 9.10. The number of hydrogen-bond donors (Lipinski definition) is 0. The van der Waals surface area contributed by atoms with Crippen molar-refractivity contribution in [2.24, 2.45) is 4.99 Å². The molecule has 0 heterocycles. The van der Waals surface area contributed by atoms with Gasteiger partial charge in [0.15, 0.2) is 0 Å². The standard InChI is InChI=1S/C17H14BrNO2/c1-21-17(20)16(12-7-13-5-3-2-4-6-13)19-15-10-8-14(18)9-11-15/h2-12H,1H3/b12-7+,19-16?. The number of carbonyl (C=O) groups is 1. The first-order chi connectivity index (χ1) is 10.2. The van der Waals surface area contributed by atoms with E-state index in [2.05, 4.69) is 20.9 Å². The minimum atomic E-state index is -0.468. The van der Waals surface area contributed by atoms with Gasteiger partial charge in [-0.05, 0) is 35.9 Å². The van der Waals surface area contributed by atoms with Gasteiger partial charge in [0.2, 0.25) is 0 Å². The van der Waals surface area contributed by atoms with Crippen molar-refractivity contribution < 1.29 is 9.53 Å². The van der Waals surface area contributed by atoms with Gasteiger partial charge in [-0.3, -0.25) is 0 Å². The average molecular weight is 344 g/mol. The van der Waals surface area contributed by atoms with Crippen molar-refractivity contribution >= 4 is 39.4 Å². The second-order valence-corrected chi connectivity index (χ2v) is 5.12. The summed E-state index contributed by atoms with van der Waals surface area (Å²) in [7, 11) is 1.34. The van der Waals surface area contributed by atoms with Crippen molar-refractivity contribution in [2.75, 3.05) is 7.11 Å². The van der Waals surface area contributed by atoms with Crippen molar-refractivity contribution in [3.63, 3.8) is 0 Å². The lowest BCUT2D eigenvalue weighted by atomic mass is 10.2. The van der Waals surface area contributed by atoms with E-state index >= 15 is 0 Å². The first kappa shape index (κ1) is 15.2. The first-order valence-corrected chi connectivity index (χ1v) is 7.14. The number of aliphatic imine (C=N–C) groups is 1. The Morgan fingerprint density at radius 3 is 2.38 bits per heavy atom. The summed E-state index contributed by atoms with van der Waals surface area (Å²) in [5, 5.41) is 0. The van der Waals surface area contributed by atoms with Crippen molar-refractivity contribution in [3.05, 3.63) is 70.7 Å². The molecule has 0 aromatic heterocycles. The monoisotopic (exact) mass is 343 g/mol. The Morgan fingerprint density at radius 1 is 1.10 bits per heavy atom. The van der Waals surface area contributed by atoms with Crippen molar-refractivity contribution in [3.8, 4) is 0 Å². The number of methoxy groups -OCH3 is 1. The van der Waals surface area contributed by atoms with Gasteiger partial charge in [-0.1, -0.05) is 52.3 Å². The molecule has 0 spiro atoms. The minimum absolute atomic E-state index is 0.253. The van der Waals surface area contributed by atoms with Crippen LogP contribution >= 0.6 is 15.9 Å². The Morgan fingerprint density at radius 2 is 1.76 bits per heavy atom. The maximum atomic E-state index is 11.8. The second kappa shape index (κ2) is 7.55. The van der Waals surface area contributed by atoms with E-state index in [1.807, 2.05) is 60.7 Å². The lowest BCUT2D eigenvalue weighted by molar-refractivity contribution is -0.132. The summed E-state index contributed by atoms with van der Waals surface area (Å²) in [6.45, 7) is 0. The fraction of sp³-hybridized carbons (Fsp3) is 0.0588. The summed E-state index contributed by atoms with van der Waals surface area (Å²) in [5.41, 5.74) is 1.94. The van der Waals surface area contributed by atoms with Gasteiger partial charge in [0.25, 0.3) is 0 Å². The molecular weight excluding hydrogens is 330 g/mol. The van der Waals surface area contributed by atoms with Crippen molar-refractivity contribution in [2.45, 2.75) is 0 Å². The molecule has 0 aliphatic rings. The number of nitrogens with zero attached hydrogens (tertiary/aromatic N) is 1. The van der Waals surface area contributed by atoms with Gasteiger partial charge in [-0.25, -0.2) is 9.79 Å². The average Bonchev–Trinajstić information content (AvgIpc) is 2.53. The zero-order valence-corrected chi connectivity index (χ0v) is 13.1. The van der Waals surface area contributed by atoms with E-state index in [1.165, 1.54) is 7.11 Å².